The molecule has 13 aromatic rings. The number of rotatable bonds is 14. The predicted molar refractivity (Wildman–Crippen MR) is 367 cm³/mol. The molecule has 422 valence electrons. The molecule has 2 aliphatic carbocycles. The van der Waals surface area contributed by atoms with E-state index in [1.165, 1.54) is 44.5 Å². The molecule has 0 amide bonds. The first-order valence-corrected chi connectivity index (χ1v) is 30.3. The summed E-state index contributed by atoms with van der Waals surface area (Å²) in [5.74, 6) is 0. The van der Waals surface area contributed by atoms with Gasteiger partial charge in [-0.2, -0.15) is 0 Å². The van der Waals surface area contributed by atoms with Crippen LogP contribution in [0.5, 0.6) is 0 Å². The van der Waals surface area contributed by atoms with Crippen molar-refractivity contribution in [3.05, 3.63) is 338 Å². The molecule has 0 N–H and O–H groups in total. The van der Waals surface area contributed by atoms with Gasteiger partial charge in [-0.05, 0) is 190 Å². The second-order valence-electron chi connectivity index (χ2n) is 23.9. The first-order valence-electron chi connectivity index (χ1n) is 30.3. The van der Waals surface area contributed by atoms with Crippen molar-refractivity contribution < 1.29 is 0 Å². The molecule has 15 rings (SSSR count). The molecule has 0 atom stereocenters. The first-order chi connectivity index (χ1) is 43.2. The highest BCUT2D eigenvalue weighted by Gasteiger charge is 2.37. The zero-order valence-electron chi connectivity index (χ0n) is 49.7. The van der Waals surface area contributed by atoms with E-state index in [2.05, 4.69) is 351 Å². The van der Waals surface area contributed by atoms with E-state index < -0.39 is 0 Å². The Morgan fingerprint density at radius 3 is 0.750 bits per heavy atom. The van der Waals surface area contributed by atoms with Crippen LogP contribution in [0.4, 0.5) is 68.2 Å². The van der Waals surface area contributed by atoms with Crippen molar-refractivity contribution in [2.45, 2.75) is 38.5 Å². The van der Waals surface area contributed by atoms with Crippen LogP contribution in [0.2, 0.25) is 0 Å². The van der Waals surface area contributed by atoms with E-state index >= 15 is 0 Å². The molecule has 88 heavy (non-hydrogen) atoms. The maximum Gasteiger partial charge on any atom is 0.0965 e. The number of nitrogens with zero attached hydrogens (tertiary/aromatic N) is 6. The summed E-state index contributed by atoms with van der Waals surface area (Å²) in [4.78, 5) is 19.5. The van der Waals surface area contributed by atoms with Gasteiger partial charge in [0.05, 0.1) is 11.4 Å². The van der Waals surface area contributed by atoms with Crippen molar-refractivity contribution in [3.63, 3.8) is 0 Å². The molecule has 2 aliphatic rings. The topological polar surface area (TPSA) is 38.7 Å². The SMILES string of the molecule is CC1(C)c2ccccc2-c2ccc(N(c3ccc(-c4nccnc4-c4ccc(N(c5ccc(N(c6ccccc6)c6ccccc6)cc5)c5ccc6c(c5)C(C)(C)c5ccccc5-6)cc4)cc3)c3ccc(N(c4ccccc4)c4ccccc4)cc3)cc21. The molecule has 6 nitrogen and oxygen atoms in total. The molecule has 0 bridgehead atoms. The van der Waals surface area contributed by atoms with Crippen LogP contribution in [0, 0.1) is 0 Å². The van der Waals surface area contributed by atoms with E-state index in [4.69, 9.17) is 9.97 Å². The fourth-order valence-electron chi connectivity index (χ4n) is 13.6. The smallest absolute Gasteiger partial charge is 0.0965 e. The summed E-state index contributed by atoms with van der Waals surface area (Å²) in [5, 5.41) is 0. The lowest BCUT2D eigenvalue weighted by Gasteiger charge is -2.30. The summed E-state index contributed by atoms with van der Waals surface area (Å²) >= 11 is 0. The summed E-state index contributed by atoms with van der Waals surface area (Å²) in [6.07, 6.45) is 3.59. The lowest BCUT2D eigenvalue weighted by molar-refractivity contribution is 0.660. The molecule has 0 aliphatic heterocycles. The maximum absolute atomic E-state index is 5.05. The average molecular weight is 1130 g/mol. The third-order valence-electron chi connectivity index (χ3n) is 17.9. The lowest BCUT2D eigenvalue weighted by atomic mass is 9.82. The minimum Gasteiger partial charge on any atom is -0.311 e. The largest absolute Gasteiger partial charge is 0.311 e. The zero-order chi connectivity index (χ0) is 59.3. The molecule has 0 fully saturated rings. The average Bonchev–Trinajstić information content (AvgIpc) is 2.03. The summed E-state index contributed by atoms with van der Waals surface area (Å²) in [5.41, 5.74) is 26.6. The van der Waals surface area contributed by atoms with Crippen molar-refractivity contribution in [1.29, 1.82) is 0 Å². The van der Waals surface area contributed by atoms with Gasteiger partial charge in [-0.25, -0.2) is 0 Å². The quantitative estimate of drug-likeness (QED) is 0.108. The van der Waals surface area contributed by atoms with Gasteiger partial charge >= 0.3 is 0 Å². The Morgan fingerprint density at radius 2 is 0.443 bits per heavy atom. The molecule has 6 heteroatoms. The van der Waals surface area contributed by atoms with Crippen LogP contribution in [0.15, 0.2) is 316 Å². The number of aromatic nitrogens is 2. The number of anilines is 12. The monoisotopic (exact) mass is 1130 g/mol. The molecular formula is C82H64N6. The minimum absolute atomic E-state index is 0.169. The summed E-state index contributed by atoms with van der Waals surface area (Å²) < 4.78 is 0. The molecule has 0 saturated heterocycles. The van der Waals surface area contributed by atoms with Crippen molar-refractivity contribution in [3.8, 4) is 44.8 Å². The third kappa shape index (κ3) is 9.47. The van der Waals surface area contributed by atoms with Gasteiger partial charge in [-0.3, -0.25) is 9.97 Å². The molecule has 0 saturated carbocycles. The minimum atomic E-state index is -0.169. The van der Waals surface area contributed by atoms with E-state index in [9.17, 15) is 0 Å². The number of fused-ring (bicyclic) bond motifs is 6. The van der Waals surface area contributed by atoms with E-state index in [0.29, 0.717) is 0 Å². The summed E-state index contributed by atoms with van der Waals surface area (Å²) in [6.45, 7) is 9.38. The number of benzene rings is 12. The van der Waals surface area contributed by atoms with Gasteiger partial charge in [0, 0.05) is 103 Å². The molecule has 12 aromatic carbocycles. The van der Waals surface area contributed by atoms with Crippen LogP contribution < -0.4 is 19.6 Å². The number of para-hydroxylation sites is 4. The van der Waals surface area contributed by atoms with Gasteiger partial charge in [0.25, 0.3) is 0 Å². The van der Waals surface area contributed by atoms with Crippen molar-refractivity contribution in [2.75, 3.05) is 19.6 Å². The molecule has 0 spiro atoms. The van der Waals surface area contributed by atoms with Crippen LogP contribution in [0.1, 0.15) is 49.9 Å². The Labute approximate surface area is 516 Å². The van der Waals surface area contributed by atoms with Crippen molar-refractivity contribution in [2.24, 2.45) is 0 Å². The van der Waals surface area contributed by atoms with Gasteiger partial charge in [0.15, 0.2) is 0 Å². The van der Waals surface area contributed by atoms with Crippen LogP contribution in [0.3, 0.4) is 0 Å². The predicted octanol–water partition coefficient (Wildman–Crippen LogP) is 22.3. The van der Waals surface area contributed by atoms with Gasteiger partial charge in [-0.1, -0.05) is 185 Å². The Bertz CT molecular complexity index is 4260. The Hall–Kier alpha value is -11.1. The highest BCUT2D eigenvalue weighted by atomic mass is 15.2. The molecule has 1 heterocycles. The zero-order valence-corrected chi connectivity index (χ0v) is 49.7. The standard InChI is InChI=1S/C82H64N6/c1-81(2)75-31-19-17-29-71(75)73-51-49-69(55-77(73)81)87(67-45-41-65(42-46-67)85(59-21-9-5-10-22-59)60-23-11-6-12-24-60)63-37-33-57(34-38-63)79-80(84-54-53-83-79)58-35-39-64(40-36-58)88(70-50-52-74-72-30-18-20-32-76(72)82(3,4)78(74)56-70)68-47-43-66(44-48-68)86(61-25-13-7-14-26-61)62-27-15-8-16-28-62/h5-56H,1-4H3. The Balaban J connectivity index is 0.785. The second kappa shape index (κ2) is 22.1. The summed E-state index contributed by atoms with van der Waals surface area (Å²) in [6, 6.07) is 109. The molecular weight excluding hydrogens is 1070 g/mol. The van der Waals surface area contributed by atoms with E-state index in [1.54, 1.807) is 12.4 Å². The van der Waals surface area contributed by atoms with E-state index in [1.807, 2.05) is 0 Å². The lowest BCUT2D eigenvalue weighted by Crippen LogP contribution is -2.16. The molecule has 0 radical (unpaired) electrons. The van der Waals surface area contributed by atoms with Gasteiger partial charge in [-0.15, -0.1) is 0 Å². The molecule has 0 unspecified atom stereocenters. The molecule has 1 aromatic heterocycles. The number of hydrogen-bond acceptors (Lipinski definition) is 6. The van der Waals surface area contributed by atoms with Crippen LogP contribution in [0.25, 0.3) is 44.8 Å². The van der Waals surface area contributed by atoms with Crippen LogP contribution >= 0.6 is 0 Å². The van der Waals surface area contributed by atoms with Crippen LogP contribution in [-0.2, 0) is 10.8 Å². The first kappa shape index (κ1) is 53.6. The maximum atomic E-state index is 5.05. The third-order valence-corrected chi connectivity index (χ3v) is 17.9. The fourth-order valence-corrected chi connectivity index (χ4v) is 13.6. The van der Waals surface area contributed by atoms with Gasteiger partial charge in [0.1, 0.15) is 0 Å². The van der Waals surface area contributed by atoms with Crippen molar-refractivity contribution >= 4 is 68.2 Å². The highest BCUT2D eigenvalue weighted by Crippen LogP contribution is 2.53. The highest BCUT2D eigenvalue weighted by molar-refractivity contribution is 5.90. The fraction of sp³-hybridized carbons (Fsp3) is 0.0732. The Morgan fingerprint density at radius 1 is 0.216 bits per heavy atom. The normalized spacial score (nSPS) is 13.0. The Kier molecular flexibility index (Phi) is 13.5. The summed E-state index contributed by atoms with van der Waals surface area (Å²) in [7, 11) is 0. The number of hydrogen-bond donors (Lipinski definition) is 0. The van der Waals surface area contributed by atoms with E-state index in [-0.39, 0.29) is 10.8 Å². The van der Waals surface area contributed by atoms with Gasteiger partial charge in [0.2, 0.25) is 0 Å². The van der Waals surface area contributed by atoms with E-state index in [0.717, 1.165) is 90.8 Å². The van der Waals surface area contributed by atoms with Crippen LogP contribution in [-0.4, -0.2) is 9.97 Å². The van der Waals surface area contributed by atoms with Gasteiger partial charge < -0.3 is 19.6 Å². The van der Waals surface area contributed by atoms with Crippen molar-refractivity contribution in [1.82, 2.24) is 9.97 Å². The second-order valence-corrected chi connectivity index (χ2v) is 23.9.